The molecule has 2 aromatic carbocycles. The Kier molecular flexibility index (Phi) is 5.91. The number of benzene rings is 2. The third kappa shape index (κ3) is 4.55. The van der Waals surface area contributed by atoms with Gasteiger partial charge in [0.15, 0.2) is 12.4 Å². The van der Waals surface area contributed by atoms with Gasteiger partial charge in [-0.15, -0.1) is 0 Å². The third-order valence-electron chi connectivity index (χ3n) is 4.63. The van der Waals surface area contributed by atoms with Crippen molar-refractivity contribution in [2.24, 2.45) is 5.92 Å². The predicted molar refractivity (Wildman–Crippen MR) is 103 cm³/mol. The van der Waals surface area contributed by atoms with Crippen molar-refractivity contribution in [1.82, 2.24) is 0 Å². The Bertz CT molecular complexity index is 845. The number of carbonyl (C=O) groups is 3. The number of halogens is 1. The fourth-order valence-corrected chi connectivity index (χ4v) is 3.13. The second-order valence-electron chi connectivity index (χ2n) is 6.46. The number of hydrogen-bond acceptors (Lipinski definition) is 4. The van der Waals surface area contributed by atoms with Crippen LogP contribution in [0.25, 0.3) is 0 Å². The standard InChI is InChI=1S/C21H20ClNO4/c1-2-14-3-9-18(10-4-14)23-12-16(11-20(23)25)21(26)27-13-19(24)15-5-7-17(22)8-6-15/h3-10,16H,2,11-13H2,1H3/t16-/m0/s1. The smallest absolute Gasteiger partial charge is 0.311 e. The molecule has 27 heavy (non-hydrogen) atoms. The lowest BCUT2D eigenvalue weighted by atomic mass is 10.1. The van der Waals surface area contributed by atoms with E-state index in [4.69, 9.17) is 16.3 Å². The number of Topliss-reactive ketones (excluding diaryl/α,β-unsaturated/α-hetero) is 1. The molecule has 0 aliphatic carbocycles. The molecular formula is C21H20ClNO4. The first-order valence-electron chi connectivity index (χ1n) is 8.82. The summed E-state index contributed by atoms with van der Waals surface area (Å²) in [5.41, 5.74) is 2.37. The van der Waals surface area contributed by atoms with Crippen LogP contribution in [0.4, 0.5) is 5.69 Å². The number of anilines is 1. The SMILES string of the molecule is CCc1ccc(N2C[C@@H](C(=O)OCC(=O)c3ccc(Cl)cc3)CC2=O)cc1. The highest BCUT2D eigenvalue weighted by Crippen LogP contribution is 2.26. The fraction of sp³-hybridized carbons (Fsp3) is 0.286. The highest BCUT2D eigenvalue weighted by molar-refractivity contribution is 6.30. The largest absolute Gasteiger partial charge is 0.457 e. The normalized spacial score (nSPS) is 16.4. The lowest BCUT2D eigenvalue weighted by molar-refractivity contribution is -0.147. The van der Waals surface area contributed by atoms with E-state index in [0.29, 0.717) is 10.6 Å². The van der Waals surface area contributed by atoms with Gasteiger partial charge in [-0.05, 0) is 48.4 Å². The summed E-state index contributed by atoms with van der Waals surface area (Å²) in [7, 11) is 0. The topological polar surface area (TPSA) is 63.7 Å². The Balaban J connectivity index is 1.56. The highest BCUT2D eigenvalue weighted by Gasteiger charge is 2.36. The van der Waals surface area contributed by atoms with Crippen LogP contribution < -0.4 is 4.90 Å². The Morgan fingerprint density at radius 1 is 1.11 bits per heavy atom. The van der Waals surface area contributed by atoms with Crippen molar-refractivity contribution in [3.05, 3.63) is 64.7 Å². The lowest BCUT2D eigenvalue weighted by Crippen LogP contribution is -2.27. The van der Waals surface area contributed by atoms with E-state index >= 15 is 0 Å². The van der Waals surface area contributed by atoms with Gasteiger partial charge in [0.05, 0.1) is 5.92 Å². The number of amides is 1. The molecule has 0 saturated carbocycles. The number of nitrogens with zero attached hydrogens (tertiary/aromatic N) is 1. The number of ketones is 1. The van der Waals surface area contributed by atoms with Gasteiger partial charge in [0, 0.05) is 29.2 Å². The number of carbonyl (C=O) groups excluding carboxylic acids is 3. The summed E-state index contributed by atoms with van der Waals surface area (Å²) in [6, 6.07) is 14.1. The van der Waals surface area contributed by atoms with Crippen molar-refractivity contribution in [3.63, 3.8) is 0 Å². The van der Waals surface area contributed by atoms with Crippen LogP contribution in [0, 0.1) is 5.92 Å². The summed E-state index contributed by atoms with van der Waals surface area (Å²) in [4.78, 5) is 38.2. The Morgan fingerprint density at radius 2 is 1.78 bits per heavy atom. The molecule has 1 fully saturated rings. The van der Waals surface area contributed by atoms with Gasteiger partial charge in [-0.25, -0.2) is 0 Å². The molecule has 0 radical (unpaired) electrons. The summed E-state index contributed by atoms with van der Waals surface area (Å²) in [5, 5.41) is 0.528. The lowest BCUT2D eigenvalue weighted by Gasteiger charge is -2.17. The molecule has 2 aromatic rings. The molecule has 0 unspecified atom stereocenters. The molecule has 1 saturated heterocycles. The number of aryl methyl sites for hydroxylation is 1. The van der Waals surface area contributed by atoms with Gasteiger partial charge in [0.25, 0.3) is 0 Å². The minimum absolute atomic E-state index is 0.0868. The first-order valence-corrected chi connectivity index (χ1v) is 9.20. The van der Waals surface area contributed by atoms with E-state index in [2.05, 4.69) is 6.92 Å². The van der Waals surface area contributed by atoms with E-state index in [1.807, 2.05) is 24.3 Å². The van der Waals surface area contributed by atoms with E-state index in [1.54, 1.807) is 29.2 Å². The van der Waals surface area contributed by atoms with E-state index in [1.165, 1.54) is 5.56 Å². The summed E-state index contributed by atoms with van der Waals surface area (Å²) >= 11 is 5.79. The molecule has 1 amide bonds. The van der Waals surface area contributed by atoms with Crippen LogP contribution in [0.5, 0.6) is 0 Å². The molecule has 0 aromatic heterocycles. The molecule has 1 aliphatic rings. The number of hydrogen-bond donors (Lipinski definition) is 0. The molecule has 140 valence electrons. The van der Waals surface area contributed by atoms with Crippen LogP contribution in [0.3, 0.4) is 0 Å². The molecule has 0 bridgehead atoms. The summed E-state index contributed by atoms with van der Waals surface area (Å²) < 4.78 is 5.14. The van der Waals surface area contributed by atoms with Crippen LogP contribution in [0.2, 0.25) is 5.02 Å². The maximum Gasteiger partial charge on any atom is 0.311 e. The van der Waals surface area contributed by atoms with E-state index in [0.717, 1.165) is 12.1 Å². The monoisotopic (exact) mass is 385 g/mol. The maximum atomic E-state index is 12.3. The molecule has 1 heterocycles. The van der Waals surface area contributed by atoms with Crippen LogP contribution in [-0.2, 0) is 20.7 Å². The van der Waals surface area contributed by atoms with Gasteiger partial charge >= 0.3 is 5.97 Å². The minimum atomic E-state index is -0.568. The second kappa shape index (κ2) is 8.35. The van der Waals surface area contributed by atoms with Crippen LogP contribution in [0.15, 0.2) is 48.5 Å². The van der Waals surface area contributed by atoms with E-state index in [-0.39, 0.29) is 31.3 Å². The van der Waals surface area contributed by atoms with Crippen molar-refractivity contribution in [2.75, 3.05) is 18.1 Å². The first kappa shape index (κ1) is 19.1. The van der Waals surface area contributed by atoms with Crippen molar-refractivity contribution in [3.8, 4) is 0 Å². The number of esters is 1. The quantitative estimate of drug-likeness (QED) is 0.562. The molecule has 0 spiro atoms. The van der Waals surface area contributed by atoms with Gasteiger partial charge < -0.3 is 9.64 Å². The zero-order valence-electron chi connectivity index (χ0n) is 15.0. The average molecular weight is 386 g/mol. The van der Waals surface area contributed by atoms with Crippen LogP contribution >= 0.6 is 11.6 Å². The fourth-order valence-electron chi connectivity index (χ4n) is 3.00. The zero-order chi connectivity index (χ0) is 19.4. The van der Waals surface area contributed by atoms with Crippen molar-refractivity contribution in [1.29, 1.82) is 0 Å². The number of ether oxygens (including phenoxy) is 1. The Labute approximate surface area is 162 Å². The van der Waals surface area contributed by atoms with E-state index in [9.17, 15) is 14.4 Å². The zero-order valence-corrected chi connectivity index (χ0v) is 15.7. The molecule has 6 heteroatoms. The Hall–Kier alpha value is -2.66. The van der Waals surface area contributed by atoms with Gasteiger partial charge in [0.2, 0.25) is 5.91 Å². The van der Waals surface area contributed by atoms with Gasteiger partial charge in [-0.3, -0.25) is 14.4 Å². The maximum absolute atomic E-state index is 12.3. The summed E-state index contributed by atoms with van der Waals surface area (Å²) in [5.74, 6) is -1.53. The van der Waals surface area contributed by atoms with Crippen molar-refractivity contribution < 1.29 is 19.1 Å². The number of rotatable bonds is 6. The van der Waals surface area contributed by atoms with Crippen molar-refractivity contribution >= 4 is 34.9 Å². The highest BCUT2D eigenvalue weighted by atomic mass is 35.5. The summed E-state index contributed by atoms with van der Waals surface area (Å²) in [6.45, 7) is 1.97. The second-order valence-corrected chi connectivity index (χ2v) is 6.90. The molecule has 5 nitrogen and oxygen atoms in total. The average Bonchev–Trinajstić information content (AvgIpc) is 3.08. The molecule has 0 N–H and O–H groups in total. The third-order valence-corrected chi connectivity index (χ3v) is 4.88. The molecular weight excluding hydrogens is 366 g/mol. The summed E-state index contributed by atoms with van der Waals surface area (Å²) in [6.07, 6.45) is 1.01. The van der Waals surface area contributed by atoms with Gasteiger partial charge in [-0.1, -0.05) is 30.7 Å². The predicted octanol–water partition coefficient (Wildman–Crippen LogP) is 3.68. The van der Waals surface area contributed by atoms with E-state index < -0.39 is 11.9 Å². The first-order chi connectivity index (χ1) is 13.0. The van der Waals surface area contributed by atoms with Crippen molar-refractivity contribution in [2.45, 2.75) is 19.8 Å². The molecule has 1 atom stereocenters. The van der Waals surface area contributed by atoms with Crippen LogP contribution in [-0.4, -0.2) is 30.8 Å². The minimum Gasteiger partial charge on any atom is -0.457 e. The van der Waals surface area contributed by atoms with Crippen LogP contribution in [0.1, 0.15) is 29.3 Å². The van der Waals surface area contributed by atoms with Gasteiger partial charge in [-0.2, -0.15) is 0 Å². The molecule has 1 aliphatic heterocycles. The Morgan fingerprint density at radius 3 is 2.41 bits per heavy atom. The molecule has 3 rings (SSSR count). The van der Waals surface area contributed by atoms with Gasteiger partial charge in [0.1, 0.15) is 0 Å².